The van der Waals surface area contributed by atoms with Crippen molar-refractivity contribution in [2.24, 2.45) is 7.05 Å². The van der Waals surface area contributed by atoms with Crippen LogP contribution in [0.25, 0.3) is 17.1 Å². The van der Waals surface area contributed by atoms with E-state index in [1.165, 1.54) is 0 Å². The number of nitrogens with zero attached hydrogens (tertiary/aromatic N) is 4. The topological polar surface area (TPSA) is 43.1 Å². The molecule has 0 radical (unpaired) electrons. The average molecular weight is 357 g/mol. The maximum atomic E-state index is 13.0. The number of aryl methyl sites for hydroxylation is 1. The molecule has 0 atom stereocenters. The van der Waals surface area contributed by atoms with Crippen molar-refractivity contribution in [1.82, 2.24) is 19.2 Å². The Labute approximate surface area is 152 Å². The Morgan fingerprint density at radius 3 is 2.52 bits per heavy atom. The van der Waals surface area contributed by atoms with Gasteiger partial charge in [0.15, 0.2) is 0 Å². The smallest absolute Gasteiger partial charge is 0.272 e. The molecule has 0 aliphatic heterocycles. The lowest BCUT2D eigenvalue weighted by molar-refractivity contribution is 0.0764. The summed E-state index contributed by atoms with van der Waals surface area (Å²) in [7, 11) is 1.96. The molecule has 0 aliphatic carbocycles. The molecular weight excluding hydrogens is 336 g/mol. The number of aromatic nitrogens is 3. The Morgan fingerprint density at radius 1 is 1.16 bits per heavy atom. The van der Waals surface area contributed by atoms with Gasteiger partial charge < -0.3 is 9.47 Å². The quantitative estimate of drug-likeness (QED) is 0.693. The van der Waals surface area contributed by atoms with Crippen LogP contribution in [0.2, 0.25) is 5.02 Å². The summed E-state index contributed by atoms with van der Waals surface area (Å²) in [5, 5.41) is 5.29. The molecule has 5 nitrogen and oxygen atoms in total. The summed E-state index contributed by atoms with van der Waals surface area (Å²) < 4.78 is 3.66. The highest BCUT2D eigenvalue weighted by atomic mass is 35.5. The lowest BCUT2D eigenvalue weighted by Gasteiger charge is -2.19. The lowest BCUT2D eigenvalue weighted by Crippen LogP contribution is -2.32. The van der Waals surface area contributed by atoms with Crippen LogP contribution in [0.3, 0.4) is 0 Å². The van der Waals surface area contributed by atoms with Gasteiger partial charge in [-0.25, -0.2) is 4.68 Å². The number of hydrogen-bond acceptors (Lipinski definition) is 2. The molecule has 2 heterocycles. The molecule has 3 aromatic rings. The fourth-order valence-corrected chi connectivity index (χ4v) is 3.05. The number of benzene rings is 1. The minimum Gasteiger partial charge on any atom is -0.349 e. The van der Waals surface area contributed by atoms with Crippen LogP contribution in [0, 0.1) is 0 Å². The molecule has 2 aromatic heterocycles. The first-order valence-electron chi connectivity index (χ1n) is 8.32. The summed E-state index contributed by atoms with van der Waals surface area (Å²) in [6, 6.07) is 13.1. The Morgan fingerprint density at radius 2 is 1.92 bits per heavy atom. The van der Waals surface area contributed by atoms with Crippen LogP contribution in [0.1, 0.15) is 24.3 Å². The van der Waals surface area contributed by atoms with Gasteiger partial charge in [0.1, 0.15) is 11.4 Å². The van der Waals surface area contributed by atoms with E-state index in [1.807, 2.05) is 68.1 Å². The van der Waals surface area contributed by atoms with Crippen LogP contribution >= 0.6 is 11.6 Å². The summed E-state index contributed by atoms with van der Waals surface area (Å²) in [6.45, 7) is 5.24. The van der Waals surface area contributed by atoms with Gasteiger partial charge in [-0.2, -0.15) is 5.10 Å². The van der Waals surface area contributed by atoms with Gasteiger partial charge in [-0.3, -0.25) is 4.79 Å². The molecule has 1 aromatic carbocycles. The number of carbonyl (C=O) groups is 1. The van der Waals surface area contributed by atoms with E-state index < -0.39 is 0 Å². The first-order chi connectivity index (χ1) is 12.0. The maximum Gasteiger partial charge on any atom is 0.272 e. The summed E-state index contributed by atoms with van der Waals surface area (Å²) in [4.78, 5) is 14.8. The molecule has 130 valence electrons. The largest absolute Gasteiger partial charge is 0.349 e. The zero-order valence-electron chi connectivity index (χ0n) is 14.6. The molecular formula is C19H21ClN4O. The van der Waals surface area contributed by atoms with Gasteiger partial charge in [-0.05, 0) is 50.2 Å². The fourth-order valence-electron chi connectivity index (χ4n) is 2.86. The summed E-state index contributed by atoms with van der Waals surface area (Å²) in [5.74, 6) is -0.0436. The predicted molar refractivity (Wildman–Crippen MR) is 100 cm³/mol. The number of halogens is 1. The lowest BCUT2D eigenvalue weighted by atomic mass is 10.2. The average Bonchev–Trinajstić information content (AvgIpc) is 3.22. The van der Waals surface area contributed by atoms with Gasteiger partial charge >= 0.3 is 0 Å². The summed E-state index contributed by atoms with van der Waals surface area (Å²) >= 11 is 6.13. The van der Waals surface area contributed by atoms with Gasteiger partial charge in [0.05, 0.1) is 11.4 Å². The van der Waals surface area contributed by atoms with Gasteiger partial charge in [0.2, 0.25) is 0 Å². The van der Waals surface area contributed by atoms with Crippen molar-refractivity contribution >= 4 is 17.5 Å². The van der Waals surface area contributed by atoms with Crippen molar-refractivity contribution in [1.29, 1.82) is 0 Å². The number of amides is 1. The highest BCUT2D eigenvalue weighted by Gasteiger charge is 2.22. The third kappa shape index (κ3) is 3.33. The van der Waals surface area contributed by atoms with Crippen molar-refractivity contribution in [3.63, 3.8) is 0 Å². The molecule has 3 rings (SSSR count). The van der Waals surface area contributed by atoms with E-state index in [9.17, 15) is 4.79 Å². The van der Waals surface area contributed by atoms with Gasteiger partial charge in [0.25, 0.3) is 5.91 Å². The van der Waals surface area contributed by atoms with Crippen molar-refractivity contribution in [2.75, 3.05) is 13.1 Å². The van der Waals surface area contributed by atoms with Gasteiger partial charge in [-0.1, -0.05) is 17.7 Å². The highest BCUT2D eigenvalue weighted by molar-refractivity contribution is 6.30. The number of hydrogen-bond donors (Lipinski definition) is 0. The van der Waals surface area contributed by atoms with Crippen LogP contribution in [0.4, 0.5) is 0 Å². The Kier molecular flexibility index (Phi) is 4.95. The second-order valence-electron chi connectivity index (χ2n) is 5.79. The second kappa shape index (κ2) is 7.15. The van der Waals surface area contributed by atoms with Crippen LogP contribution in [0.5, 0.6) is 0 Å². The molecule has 0 unspecified atom stereocenters. The zero-order chi connectivity index (χ0) is 18.0. The van der Waals surface area contributed by atoms with Gasteiger partial charge in [0, 0.05) is 31.4 Å². The van der Waals surface area contributed by atoms with E-state index in [-0.39, 0.29) is 5.91 Å². The third-order valence-electron chi connectivity index (χ3n) is 4.24. The molecule has 6 heteroatoms. The standard InChI is InChI=1S/C19H21ClN4O/c1-4-23(5-2)19(25)18-13-16(17-10-7-11-22(17)3)21-24(18)15-9-6-8-14(20)12-15/h6-13H,4-5H2,1-3H3. The van der Waals surface area contributed by atoms with E-state index in [0.717, 1.165) is 17.1 Å². The van der Waals surface area contributed by atoms with E-state index in [4.69, 9.17) is 11.6 Å². The molecule has 0 aliphatic rings. The summed E-state index contributed by atoms with van der Waals surface area (Å²) in [5.41, 5.74) is 3.00. The van der Waals surface area contributed by atoms with E-state index in [2.05, 4.69) is 5.10 Å². The minimum absolute atomic E-state index is 0.0436. The van der Waals surface area contributed by atoms with E-state index in [0.29, 0.717) is 23.8 Å². The molecule has 1 amide bonds. The Bertz CT molecular complexity index is 892. The van der Waals surface area contributed by atoms with Crippen molar-refractivity contribution in [2.45, 2.75) is 13.8 Å². The highest BCUT2D eigenvalue weighted by Crippen LogP contribution is 2.24. The molecule has 0 bridgehead atoms. The van der Waals surface area contributed by atoms with Crippen LogP contribution in [-0.2, 0) is 7.05 Å². The molecule has 0 saturated heterocycles. The summed E-state index contributed by atoms with van der Waals surface area (Å²) in [6.07, 6.45) is 1.96. The first kappa shape index (κ1) is 17.3. The predicted octanol–water partition coefficient (Wildman–Crippen LogP) is 4.01. The van der Waals surface area contributed by atoms with Gasteiger partial charge in [-0.15, -0.1) is 0 Å². The molecule has 25 heavy (non-hydrogen) atoms. The van der Waals surface area contributed by atoms with Crippen LogP contribution in [0.15, 0.2) is 48.7 Å². The second-order valence-corrected chi connectivity index (χ2v) is 6.22. The SMILES string of the molecule is CCN(CC)C(=O)c1cc(-c2cccn2C)nn1-c1cccc(Cl)c1. The fraction of sp³-hybridized carbons (Fsp3) is 0.263. The van der Waals surface area contributed by atoms with E-state index in [1.54, 1.807) is 15.6 Å². The molecule has 0 saturated carbocycles. The van der Waals surface area contributed by atoms with Crippen molar-refractivity contribution < 1.29 is 4.79 Å². The minimum atomic E-state index is -0.0436. The van der Waals surface area contributed by atoms with Crippen molar-refractivity contribution in [3.05, 3.63) is 59.4 Å². The monoisotopic (exact) mass is 356 g/mol. The van der Waals surface area contributed by atoms with Crippen LogP contribution < -0.4 is 0 Å². The molecule has 0 fully saturated rings. The Hall–Kier alpha value is -2.53. The maximum absolute atomic E-state index is 13.0. The third-order valence-corrected chi connectivity index (χ3v) is 4.47. The first-order valence-corrected chi connectivity index (χ1v) is 8.70. The molecule has 0 N–H and O–H groups in total. The van der Waals surface area contributed by atoms with Crippen molar-refractivity contribution in [3.8, 4) is 17.1 Å². The number of rotatable bonds is 5. The normalized spacial score (nSPS) is 10.9. The van der Waals surface area contributed by atoms with Crippen LogP contribution in [-0.4, -0.2) is 38.2 Å². The Balaban J connectivity index is 2.16. The molecule has 0 spiro atoms. The van der Waals surface area contributed by atoms with E-state index >= 15 is 0 Å². The number of carbonyl (C=O) groups excluding carboxylic acids is 1. The zero-order valence-corrected chi connectivity index (χ0v) is 15.4.